The average molecular weight is 678 g/mol. The number of furan rings is 1. The zero-order valence-corrected chi connectivity index (χ0v) is 28.4. The number of para-hydroxylation sites is 2. The van der Waals surface area contributed by atoms with E-state index in [1.807, 2.05) is 123 Å². The second kappa shape index (κ2) is 15.9. The minimum atomic E-state index is -0.520. The van der Waals surface area contributed by atoms with Crippen LogP contribution in [0.3, 0.4) is 0 Å². The highest BCUT2D eigenvalue weighted by Gasteiger charge is 2.24. The van der Waals surface area contributed by atoms with Crippen molar-refractivity contribution in [2.45, 2.75) is 24.0 Å². The maximum Gasteiger partial charge on any atom is 0.272 e. The lowest BCUT2D eigenvalue weighted by Gasteiger charge is -2.26. The summed E-state index contributed by atoms with van der Waals surface area (Å²) >= 11 is 1.43. The summed E-state index contributed by atoms with van der Waals surface area (Å²) in [6.07, 6.45) is 1.51. The van der Waals surface area contributed by atoms with Gasteiger partial charge >= 0.3 is 0 Å². The Morgan fingerprint density at radius 1 is 0.700 bits per heavy atom. The Bertz CT molecular complexity index is 2050. The molecule has 1 heterocycles. The Kier molecular flexibility index (Phi) is 10.7. The van der Waals surface area contributed by atoms with Gasteiger partial charge in [0.2, 0.25) is 5.91 Å². The van der Waals surface area contributed by atoms with Crippen LogP contribution in [0.2, 0.25) is 0 Å². The van der Waals surface area contributed by atoms with E-state index < -0.39 is 17.1 Å². The molecule has 6 rings (SSSR count). The summed E-state index contributed by atoms with van der Waals surface area (Å²) in [4.78, 5) is 43.1. The molecule has 3 amide bonds. The van der Waals surface area contributed by atoms with Crippen LogP contribution >= 0.6 is 11.8 Å². The monoisotopic (exact) mass is 677 g/mol. The summed E-state index contributed by atoms with van der Waals surface area (Å²) in [6, 6.07) is 46.6. The van der Waals surface area contributed by atoms with Crippen LogP contribution in [0.1, 0.15) is 28.6 Å². The second-order valence-corrected chi connectivity index (χ2v) is 12.9. The Hall–Kier alpha value is -6.12. The van der Waals surface area contributed by atoms with Gasteiger partial charge in [-0.15, -0.1) is 11.8 Å². The van der Waals surface area contributed by atoms with Gasteiger partial charge in [0.15, 0.2) is 0 Å². The fourth-order valence-electron chi connectivity index (χ4n) is 5.20. The average Bonchev–Trinajstić information content (AvgIpc) is 3.62. The highest BCUT2D eigenvalue weighted by Crippen LogP contribution is 2.32. The first-order valence-electron chi connectivity index (χ1n) is 16.1. The Labute approximate surface area is 295 Å². The van der Waals surface area contributed by atoms with E-state index in [1.54, 1.807) is 47.4 Å². The molecule has 5 aromatic carbocycles. The number of carbonyl (C=O) groups is 3. The quantitative estimate of drug-likeness (QED) is 0.105. The third-order valence-corrected chi connectivity index (χ3v) is 8.90. The zero-order chi connectivity index (χ0) is 34.9. The van der Waals surface area contributed by atoms with Crippen molar-refractivity contribution >= 4 is 52.6 Å². The molecular weight excluding hydrogens is 643 g/mol. The number of carbonyl (C=O) groups excluding carboxylic acids is 3. The molecule has 50 heavy (non-hydrogen) atoms. The normalized spacial score (nSPS) is 11.8. The number of anilines is 3. The molecule has 1 aromatic heterocycles. The van der Waals surface area contributed by atoms with Crippen molar-refractivity contribution in [2.24, 2.45) is 0 Å². The van der Waals surface area contributed by atoms with E-state index in [1.165, 1.54) is 17.8 Å². The molecule has 2 N–H and O–H groups in total. The Morgan fingerprint density at radius 3 is 1.88 bits per heavy atom. The van der Waals surface area contributed by atoms with Gasteiger partial charge in [0, 0.05) is 39.2 Å². The van der Waals surface area contributed by atoms with Gasteiger partial charge in [-0.05, 0) is 86.6 Å². The van der Waals surface area contributed by atoms with E-state index in [-0.39, 0.29) is 11.6 Å². The largest absolute Gasteiger partial charge is 0.457 e. The summed E-state index contributed by atoms with van der Waals surface area (Å²) in [5.74, 6) is 0.0409. The second-order valence-electron chi connectivity index (χ2n) is 11.5. The molecular formula is C42H35N3O4S. The molecule has 248 valence electrons. The molecule has 8 heteroatoms. The highest BCUT2D eigenvalue weighted by molar-refractivity contribution is 8.00. The van der Waals surface area contributed by atoms with Gasteiger partial charge in [0.25, 0.3) is 11.8 Å². The first-order valence-corrected chi connectivity index (χ1v) is 17.0. The predicted molar refractivity (Wildman–Crippen MR) is 201 cm³/mol. The molecule has 0 spiro atoms. The van der Waals surface area contributed by atoms with Gasteiger partial charge in [-0.2, -0.15) is 0 Å². The van der Waals surface area contributed by atoms with E-state index in [4.69, 9.17) is 4.42 Å². The summed E-state index contributed by atoms with van der Waals surface area (Å²) in [7, 11) is 0. The van der Waals surface area contributed by atoms with E-state index in [0.29, 0.717) is 22.8 Å². The first kappa shape index (κ1) is 33.8. The van der Waals surface area contributed by atoms with Crippen molar-refractivity contribution in [1.82, 2.24) is 5.32 Å². The van der Waals surface area contributed by atoms with E-state index in [9.17, 15) is 14.4 Å². The molecule has 0 radical (unpaired) electrons. The maximum atomic E-state index is 13.8. The minimum Gasteiger partial charge on any atom is -0.457 e. The molecule has 6 aromatic rings. The lowest BCUT2D eigenvalue weighted by atomic mass is 10.1. The first-order chi connectivity index (χ1) is 24.3. The van der Waals surface area contributed by atoms with Crippen LogP contribution in [0.25, 0.3) is 17.4 Å². The number of benzene rings is 5. The van der Waals surface area contributed by atoms with Crippen LogP contribution in [0.5, 0.6) is 0 Å². The van der Waals surface area contributed by atoms with Crippen LogP contribution in [-0.4, -0.2) is 23.0 Å². The van der Waals surface area contributed by atoms with Gasteiger partial charge in [-0.25, -0.2) is 0 Å². The molecule has 0 aliphatic rings. The van der Waals surface area contributed by atoms with Crippen molar-refractivity contribution in [2.75, 3.05) is 10.2 Å². The van der Waals surface area contributed by atoms with E-state index in [0.717, 1.165) is 27.4 Å². The molecule has 0 saturated heterocycles. The topological polar surface area (TPSA) is 91.7 Å². The van der Waals surface area contributed by atoms with Crippen LogP contribution in [0.15, 0.2) is 167 Å². The van der Waals surface area contributed by atoms with Crippen LogP contribution in [0, 0.1) is 6.92 Å². The predicted octanol–water partition coefficient (Wildman–Crippen LogP) is 9.51. The lowest BCUT2D eigenvalue weighted by molar-refractivity contribution is -0.117. The fourth-order valence-corrected chi connectivity index (χ4v) is 6.11. The van der Waals surface area contributed by atoms with Crippen molar-refractivity contribution in [1.29, 1.82) is 0 Å². The number of thioether (sulfide) groups is 1. The third kappa shape index (κ3) is 8.47. The van der Waals surface area contributed by atoms with Gasteiger partial charge < -0.3 is 15.1 Å². The lowest BCUT2D eigenvalue weighted by Crippen LogP contribution is -2.32. The molecule has 0 unspecified atom stereocenters. The molecule has 0 bridgehead atoms. The fraction of sp³-hybridized carbons (Fsp3) is 0.0714. The number of rotatable bonds is 11. The molecule has 1 atom stereocenters. The third-order valence-electron chi connectivity index (χ3n) is 7.80. The Morgan fingerprint density at radius 2 is 1.28 bits per heavy atom. The molecule has 0 aliphatic heterocycles. The van der Waals surface area contributed by atoms with Crippen molar-refractivity contribution < 1.29 is 18.8 Å². The van der Waals surface area contributed by atoms with Gasteiger partial charge in [0.1, 0.15) is 17.2 Å². The number of hydrogen-bond donors (Lipinski definition) is 2. The molecule has 0 aliphatic carbocycles. The number of nitrogens with one attached hydrogen (secondary N) is 2. The molecule has 0 fully saturated rings. The number of aryl methyl sites for hydroxylation is 1. The number of hydrogen-bond acceptors (Lipinski definition) is 5. The van der Waals surface area contributed by atoms with Crippen LogP contribution in [0.4, 0.5) is 17.1 Å². The Balaban J connectivity index is 1.17. The summed E-state index contributed by atoms with van der Waals surface area (Å²) < 4.78 is 6.03. The van der Waals surface area contributed by atoms with E-state index >= 15 is 0 Å². The van der Waals surface area contributed by atoms with Crippen molar-refractivity contribution in [3.63, 3.8) is 0 Å². The molecule has 0 saturated carbocycles. The van der Waals surface area contributed by atoms with E-state index in [2.05, 4.69) is 10.6 Å². The van der Waals surface area contributed by atoms with Gasteiger partial charge in [0.05, 0.1) is 5.25 Å². The van der Waals surface area contributed by atoms with Gasteiger partial charge in [-0.3, -0.25) is 19.3 Å². The summed E-state index contributed by atoms with van der Waals surface area (Å²) in [5, 5.41) is 5.22. The molecule has 7 nitrogen and oxygen atoms in total. The maximum absolute atomic E-state index is 13.8. The van der Waals surface area contributed by atoms with Crippen LogP contribution < -0.4 is 15.5 Å². The van der Waals surface area contributed by atoms with Crippen LogP contribution in [-0.2, 0) is 9.59 Å². The summed E-state index contributed by atoms with van der Waals surface area (Å²) in [5.41, 5.74) is 4.56. The highest BCUT2D eigenvalue weighted by atomic mass is 32.2. The standard InChI is InChI=1S/C42H35N3O4S/c1-29-18-20-31(21-19-29)39-27-24-36(49-39)28-38(44-40(46)32-12-6-3-7-13-32)41(47)43-33-22-25-37(26-23-33)50-30(2)42(48)45(34-14-8-4-9-15-34)35-16-10-5-11-17-35/h3-28,30H,1-2H3,(H,43,47)(H,44,46)/b38-28-/t30-/m0/s1. The van der Waals surface area contributed by atoms with Crippen molar-refractivity contribution in [3.8, 4) is 11.3 Å². The summed E-state index contributed by atoms with van der Waals surface area (Å²) in [6.45, 7) is 3.90. The van der Waals surface area contributed by atoms with Crippen molar-refractivity contribution in [3.05, 3.63) is 174 Å². The number of nitrogens with zero attached hydrogens (tertiary/aromatic N) is 1. The minimum absolute atomic E-state index is 0.0169. The zero-order valence-electron chi connectivity index (χ0n) is 27.6. The van der Waals surface area contributed by atoms with Gasteiger partial charge in [-0.1, -0.05) is 84.4 Å². The SMILES string of the molecule is Cc1ccc(-c2ccc(/C=C(\NC(=O)c3ccccc3)C(=O)Nc3ccc(S[C@@H](C)C(=O)N(c4ccccc4)c4ccccc4)cc3)o2)cc1. The smallest absolute Gasteiger partial charge is 0.272 e. The number of amides is 3.